The lowest BCUT2D eigenvalue weighted by Gasteiger charge is -2.01. The van der Waals surface area contributed by atoms with Gasteiger partial charge < -0.3 is 9.73 Å². The number of aromatic nitrogens is 2. The number of hydrogen-bond acceptors (Lipinski definition) is 3. The lowest BCUT2D eigenvalue weighted by atomic mass is 10.3. The molecule has 0 unspecified atom stereocenters. The molecule has 0 aliphatic heterocycles. The first-order valence-electron chi connectivity index (χ1n) is 4.23. The van der Waals surface area contributed by atoms with Crippen molar-refractivity contribution in [2.24, 2.45) is 0 Å². The number of furan rings is 1. The lowest BCUT2D eigenvalue weighted by molar-refractivity contribution is 0.102. The fourth-order valence-electron chi connectivity index (χ4n) is 1.11. The summed E-state index contributed by atoms with van der Waals surface area (Å²) >= 11 is 3.14. The maximum absolute atomic E-state index is 11.7. The Bertz CT molecular complexity index is 489. The Balaban J connectivity index is 2.18. The predicted octanol–water partition coefficient (Wildman–Crippen LogP) is 2.33. The minimum atomic E-state index is -0.247. The molecule has 78 valence electrons. The van der Waals surface area contributed by atoms with Gasteiger partial charge in [0.15, 0.2) is 4.67 Å². The topological polar surface area (TPSA) is 70.9 Å². The van der Waals surface area contributed by atoms with E-state index in [9.17, 15) is 4.79 Å². The number of halogens is 1. The van der Waals surface area contributed by atoms with Crippen molar-refractivity contribution in [3.05, 3.63) is 34.3 Å². The Morgan fingerprint density at radius 2 is 2.47 bits per heavy atom. The van der Waals surface area contributed by atoms with E-state index in [1.54, 1.807) is 12.3 Å². The third kappa shape index (κ3) is 1.94. The van der Waals surface area contributed by atoms with Crippen LogP contribution in [0, 0.1) is 6.92 Å². The quantitative estimate of drug-likeness (QED) is 0.879. The second kappa shape index (κ2) is 3.90. The number of aromatic amines is 1. The normalized spacial score (nSPS) is 10.3. The Morgan fingerprint density at radius 3 is 3.00 bits per heavy atom. The van der Waals surface area contributed by atoms with Gasteiger partial charge in [-0.1, -0.05) is 0 Å². The number of aryl methyl sites for hydroxylation is 1. The molecule has 0 saturated heterocycles. The van der Waals surface area contributed by atoms with Crippen LogP contribution in [0.2, 0.25) is 0 Å². The number of hydrogen-bond donors (Lipinski definition) is 2. The van der Waals surface area contributed by atoms with E-state index in [1.807, 2.05) is 6.92 Å². The van der Waals surface area contributed by atoms with Crippen LogP contribution in [0.25, 0.3) is 0 Å². The maximum Gasteiger partial charge on any atom is 0.261 e. The molecule has 6 heteroatoms. The monoisotopic (exact) mass is 269 g/mol. The molecule has 2 rings (SSSR count). The molecule has 5 nitrogen and oxygen atoms in total. The Morgan fingerprint density at radius 1 is 1.67 bits per heavy atom. The minimum absolute atomic E-state index is 0.247. The molecule has 2 heterocycles. The van der Waals surface area contributed by atoms with Crippen LogP contribution in [0.15, 0.2) is 27.6 Å². The molecular weight excluding hydrogens is 262 g/mol. The summed E-state index contributed by atoms with van der Waals surface area (Å²) in [6, 6.07) is 1.59. The lowest BCUT2D eigenvalue weighted by Crippen LogP contribution is -2.12. The SMILES string of the molecule is Cc1cn[nH]c1NC(=O)c1ccoc1Br. The predicted molar refractivity (Wildman–Crippen MR) is 57.7 cm³/mol. The van der Waals surface area contributed by atoms with Crippen LogP contribution in [-0.4, -0.2) is 16.1 Å². The van der Waals surface area contributed by atoms with Gasteiger partial charge >= 0.3 is 0 Å². The van der Waals surface area contributed by atoms with Gasteiger partial charge in [-0.15, -0.1) is 0 Å². The van der Waals surface area contributed by atoms with Crippen LogP contribution >= 0.6 is 15.9 Å². The third-order valence-corrected chi connectivity index (χ3v) is 2.54. The molecule has 2 aromatic rings. The smallest absolute Gasteiger partial charge is 0.261 e. The van der Waals surface area contributed by atoms with Crippen molar-refractivity contribution in [1.29, 1.82) is 0 Å². The second-order valence-corrected chi connectivity index (χ2v) is 3.71. The first-order valence-corrected chi connectivity index (χ1v) is 5.02. The second-order valence-electron chi connectivity index (χ2n) is 2.99. The average molecular weight is 270 g/mol. The first kappa shape index (κ1) is 9.97. The van der Waals surface area contributed by atoms with Crippen molar-refractivity contribution >= 4 is 27.7 Å². The van der Waals surface area contributed by atoms with E-state index in [4.69, 9.17) is 4.42 Å². The van der Waals surface area contributed by atoms with Crippen molar-refractivity contribution in [2.45, 2.75) is 6.92 Å². The van der Waals surface area contributed by atoms with Gasteiger partial charge in [0.05, 0.1) is 18.0 Å². The molecule has 0 spiro atoms. The van der Waals surface area contributed by atoms with Gasteiger partial charge in [-0.3, -0.25) is 9.89 Å². The average Bonchev–Trinajstić information content (AvgIpc) is 2.76. The van der Waals surface area contributed by atoms with Gasteiger partial charge in [0, 0.05) is 5.56 Å². The third-order valence-electron chi connectivity index (χ3n) is 1.93. The van der Waals surface area contributed by atoms with Crippen molar-refractivity contribution in [1.82, 2.24) is 10.2 Å². The number of anilines is 1. The Labute approximate surface area is 94.0 Å². The molecule has 0 radical (unpaired) electrons. The summed E-state index contributed by atoms with van der Waals surface area (Å²) in [6.45, 7) is 1.85. The summed E-state index contributed by atoms with van der Waals surface area (Å²) < 4.78 is 5.38. The van der Waals surface area contributed by atoms with E-state index in [0.29, 0.717) is 16.1 Å². The first-order chi connectivity index (χ1) is 7.18. The fourth-order valence-corrected chi connectivity index (χ4v) is 1.53. The molecule has 2 N–H and O–H groups in total. The molecule has 2 aromatic heterocycles. The molecule has 0 saturated carbocycles. The molecule has 0 aliphatic rings. The molecule has 0 bridgehead atoms. The van der Waals surface area contributed by atoms with Crippen molar-refractivity contribution in [3.63, 3.8) is 0 Å². The molecule has 1 amide bonds. The fraction of sp³-hybridized carbons (Fsp3) is 0.111. The van der Waals surface area contributed by atoms with E-state index >= 15 is 0 Å². The Hall–Kier alpha value is -1.56. The summed E-state index contributed by atoms with van der Waals surface area (Å²) in [6.07, 6.45) is 3.08. The number of H-pyrrole nitrogens is 1. The van der Waals surface area contributed by atoms with Gasteiger partial charge in [-0.05, 0) is 28.9 Å². The highest BCUT2D eigenvalue weighted by Crippen LogP contribution is 2.19. The molecular formula is C9H8BrN3O2. The molecule has 0 aromatic carbocycles. The summed E-state index contributed by atoms with van der Waals surface area (Å²) in [5.41, 5.74) is 1.33. The number of amides is 1. The highest BCUT2D eigenvalue weighted by atomic mass is 79.9. The van der Waals surface area contributed by atoms with E-state index in [0.717, 1.165) is 5.56 Å². The highest BCUT2D eigenvalue weighted by molar-refractivity contribution is 9.10. The molecule has 0 aliphatic carbocycles. The van der Waals surface area contributed by atoms with Crippen molar-refractivity contribution in [3.8, 4) is 0 Å². The zero-order valence-corrected chi connectivity index (χ0v) is 9.46. The zero-order chi connectivity index (χ0) is 10.8. The van der Waals surface area contributed by atoms with Gasteiger partial charge in [0.25, 0.3) is 5.91 Å². The van der Waals surface area contributed by atoms with Gasteiger partial charge in [-0.2, -0.15) is 5.10 Å². The van der Waals surface area contributed by atoms with E-state index in [-0.39, 0.29) is 5.91 Å². The van der Waals surface area contributed by atoms with Crippen LogP contribution < -0.4 is 5.32 Å². The largest absolute Gasteiger partial charge is 0.457 e. The number of carbonyl (C=O) groups is 1. The van der Waals surface area contributed by atoms with Gasteiger partial charge in [0.1, 0.15) is 5.82 Å². The van der Waals surface area contributed by atoms with Crippen LogP contribution in [0.4, 0.5) is 5.82 Å². The van der Waals surface area contributed by atoms with Gasteiger partial charge in [0.2, 0.25) is 0 Å². The van der Waals surface area contributed by atoms with E-state index in [1.165, 1.54) is 6.26 Å². The Kier molecular flexibility index (Phi) is 2.59. The van der Waals surface area contributed by atoms with Crippen LogP contribution in [0.5, 0.6) is 0 Å². The summed E-state index contributed by atoms with van der Waals surface area (Å²) in [5.74, 6) is 0.344. The van der Waals surface area contributed by atoms with Crippen LogP contribution in [-0.2, 0) is 0 Å². The summed E-state index contributed by atoms with van der Waals surface area (Å²) in [4.78, 5) is 11.7. The number of nitrogens with zero attached hydrogens (tertiary/aromatic N) is 1. The van der Waals surface area contributed by atoms with Crippen molar-refractivity contribution < 1.29 is 9.21 Å². The number of rotatable bonds is 2. The van der Waals surface area contributed by atoms with Crippen LogP contribution in [0.1, 0.15) is 15.9 Å². The van der Waals surface area contributed by atoms with E-state index < -0.39 is 0 Å². The zero-order valence-electron chi connectivity index (χ0n) is 7.87. The van der Waals surface area contributed by atoms with Crippen molar-refractivity contribution in [2.75, 3.05) is 5.32 Å². The number of nitrogens with one attached hydrogen (secondary N) is 2. The highest BCUT2D eigenvalue weighted by Gasteiger charge is 2.13. The maximum atomic E-state index is 11.7. The minimum Gasteiger partial charge on any atom is -0.457 e. The summed E-state index contributed by atoms with van der Waals surface area (Å²) in [7, 11) is 0. The molecule has 0 fully saturated rings. The summed E-state index contributed by atoms with van der Waals surface area (Å²) in [5, 5.41) is 9.18. The molecule has 0 atom stereocenters. The van der Waals surface area contributed by atoms with Crippen LogP contribution in [0.3, 0.4) is 0 Å². The number of carbonyl (C=O) groups excluding carboxylic acids is 1. The standard InChI is InChI=1S/C9H8BrN3O2/c1-5-4-11-13-8(5)12-9(14)6-2-3-15-7(6)10/h2-4H,1H3,(H2,11,12,13,14). The molecule has 15 heavy (non-hydrogen) atoms. The van der Waals surface area contributed by atoms with E-state index in [2.05, 4.69) is 31.4 Å². The van der Waals surface area contributed by atoms with Gasteiger partial charge in [-0.25, -0.2) is 0 Å².